The molecule has 0 saturated carbocycles. The lowest BCUT2D eigenvalue weighted by Gasteiger charge is -2.09. The number of hydrogen-bond acceptors (Lipinski definition) is 3. The summed E-state index contributed by atoms with van der Waals surface area (Å²) in [5.41, 5.74) is 5.02. The van der Waals surface area contributed by atoms with Gasteiger partial charge in [-0.25, -0.2) is 5.43 Å². The first-order chi connectivity index (χ1) is 13.5. The molecule has 0 radical (unpaired) electrons. The molecule has 0 spiro atoms. The van der Waals surface area contributed by atoms with Gasteiger partial charge in [-0.15, -0.1) is 0 Å². The Morgan fingerprint density at radius 1 is 1.04 bits per heavy atom. The number of amides is 1. The highest BCUT2D eigenvalue weighted by Crippen LogP contribution is 2.26. The van der Waals surface area contributed by atoms with Crippen LogP contribution in [-0.2, 0) is 6.61 Å². The maximum absolute atomic E-state index is 12.0. The van der Waals surface area contributed by atoms with E-state index < -0.39 is 0 Å². The van der Waals surface area contributed by atoms with Gasteiger partial charge in [0.2, 0.25) is 0 Å². The van der Waals surface area contributed by atoms with E-state index in [1.165, 1.54) is 0 Å². The van der Waals surface area contributed by atoms with Crippen LogP contribution in [0.5, 0.6) is 5.75 Å². The van der Waals surface area contributed by atoms with E-state index in [1.807, 2.05) is 54.6 Å². The first-order valence-corrected chi connectivity index (χ1v) is 10.9. The lowest BCUT2D eigenvalue weighted by atomic mass is 10.2. The van der Waals surface area contributed by atoms with E-state index >= 15 is 0 Å². The molecule has 3 rings (SSSR count). The summed E-state index contributed by atoms with van der Waals surface area (Å²) in [4.78, 5) is 12.0. The van der Waals surface area contributed by atoms with Crippen LogP contribution in [0, 0.1) is 3.57 Å². The van der Waals surface area contributed by atoms with Crippen LogP contribution in [0.4, 0.5) is 0 Å². The smallest absolute Gasteiger partial charge is 0.271 e. The van der Waals surface area contributed by atoms with Crippen LogP contribution >= 0.6 is 54.5 Å². The van der Waals surface area contributed by atoms with Gasteiger partial charge in [0.1, 0.15) is 12.4 Å². The number of ether oxygens (including phenoxy) is 1. The quantitative estimate of drug-likeness (QED) is 0.206. The van der Waals surface area contributed by atoms with E-state index in [0.29, 0.717) is 12.2 Å². The molecule has 0 aromatic heterocycles. The summed E-state index contributed by atoms with van der Waals surface area (Å²) in [6.07, 6.45) is 1.59. The molecule has 7 heteroatoms. The Morgan fingerprint density at radius 3 is 2.43 bits per heavy atom. The summed E-state index contributed by atoms with van der Waals surface area (Å²) >= 11 is 9.13. The molecule has 4 nitrogen and oxygen atoms in total. The van der Waals surface area contributed by atoms with Crippen molar-refractivity contribution < 1.29 is 9.53 Å². The maximum atomic E-state index is 12.0. The van der Waals surface area contributed by atoms with Crippen molar-refractivity contribution in [1.82, 2.24) is 5.43 Å². The molecule has 0 heterocycles. The first-order valence-electron chi connectivity index (χ1n) is 8.27. The summed E-state index contributed by atoms with van der Waals surface area (Å²) in [5, 5.41) is 4.02. The standard InChI is InChI=1S/C21H15Br2IN2O2/c22-17-6-1-14(2-7-17)13-28-20-10-3-15(11-19(20)23)12-25-26-21(27)16-4-8-18(24)9-5-16/h1-12H,13H2,(H,26,27)/b25-12-. The molecular formula is C21H15Br2IN2O2. The Bertz CT molecular complexity index is 990. The van der Waals surface area contributed by atoms with Gasteiger partial charge in [-0.05, 0) is 104 Å². The molecule has 3 aromatic carbocycles. The number of nitrogens with zero attached hydrogens (tertiary/aromatic N) is 1. The van der Waals surface area contributed by atoms with Crippen LogP contribution in [-0.4, -0.2) is 12.1 Å². The van der Waals surface area contributed by atoms with Crippen molar-refractivity contribution in [2.24, 2.45) is 5.10 Å². The van der Waals surface area contributed by atoms with Gasteiger partial charge in [-0.1, -0.05) is 28.1 Å². The molecule has 28 heavy (non-hydrogen) atoms. The molecular weight excluding hydrogens is 599 g/mol. The highest BCUT2D eigenvalue weighted by molar-refractivity contribution is 14.1. The van der Waals surface area contributed by atoms with E-state index in [4.69, 9.17) is 4.74 Å². The molecule has 0 atom stereocenters. The van der Waals surface area contributed by atoms with Gasteiger partial charge in [-0.2, -0.15) is 5.10 Å². The van der Waals surface area contributed by atoms with E-state index in [1.54, 1.807) is 18.3 Å². The minimum absolute atomic E-state index is 0.249. The zero-order valence-electron chi connectivity index (χ0n) is 14.5. The number of carbonyl (C=O) groups excluding carboxylic acids is 1. The Kier molecular flexibility index (Phi) is 7.64. The molecule has 142 valence electrons. The van der Waals surface area contributed by atoms with Crippen LogP contribution in [0.3, 0.4) is 0 Å². The van der Waals surface area contributed by atoms with Crippen molar-refractivity contribution >= 4 is 66.6 Å². The summed E-state index contributed by atoms with van der Waals surface area (Å²) in [6.45, 7) is 0.478. The second-order valence-electron chi connectivity index (χ2n) is 5.81. The molecule has 0 aliphatic rings. The van der Waals surface area contributed by atoms with Gasteiger partial charge < -0.3 is 4.74 Å². The molecule has 0 aliphatic carbocycles. The van der Waals surface area contributed by atoms with E-state index in [-0.39, 0.29) is 5.91 Å². The largest absolute Gasteiger partial charge is 0.488 e. The summed E-state index contributed by atoms with van der Waals surface area (Å²) in [6, 6.07) is 20.9. The Hall–Kier alpha value is -1.71. The summed E-state index contributed by atoms with van der Waals surface area (Å²) < 4.78 is 8.78. The highest BCUT2D eigenvalue weighted by Gasteiger charge is 2.05. The van der Waals surface area contributed by atoms with Gasteiger partial charge in [0.25, 0.3) is 5.91 Å². The monoisotopic (exact) mass is 612 g/mol. The topological polar surface area (TPSA) is 50.7 Å². The van der Waals surface area contributed by atoms with Crippen LogP contribution in [0.25, 0.3) is 0 Å². The van der Waals surface area contributed by atoms with Gasteiger partial charge in [0.05, 0.1) is 10.7 Å². The SMILES string of the molecule is O=C(N/N=C\c1ccc(OCc2ccc(Br)cc2)c(Br)c1)c1ccc(I)cc1. The number of halogens is 3. The second kappa shape index (κ2) is 10.2. The van der Waals surface area contributed by atoms with Crippen LogP contribution < -0.4 is 10.2 Å². The van der Waals surface area contributed by atoms with Crippen molar-refractivity contribution in [2.45, 2.75) is 6.61 Å². The minimum atomic E-state index is -0.249. The van der Waals surface area contributed by atoms with Crippen LogP contribution in [0.2, 0.25) is 0 Å². The number of nitrogens with one attached hydrogen (secondary N) is 1. The number of hydrogen-bond donors (Lipinski definition) is 1. The van der Waals surface area contributed by atoms with Gasteiger partial charge in [0, 0.05) is 13.6 Å². The molecule has 0 bridgehead atoms. The van der Waals surface area contributed by atoms with Crippen molar-refractivity contribution in [3.8, 4) is 5.75 Å². The van der Waals surface area contributed by atoms with E-state index in [0.717, 1.165) is 29.4 Å². The number of hydrazone groups is 1. The summed E-state index contributed by atoms with van der Waals surface area (Å²) in [5.74, 6) is 0.490. The molecule has 1 amide bonds. The number of carbonyl (C=O) groups is 1. The zero-order valence-corrected chi connectivity index (χ0v) is 19.9. The van der Waals surface area contributed by atoms with E-state index in [9.17, 15) is 4.79 Å². The van der Waals surface area contributed by atoms with Crippen molar-refractivity contribution in [3.05, 3.63) is 95.9 Å². The molecule has 3 aromatic rings. The second-order valence-corrected chi connectivity index (χ2v) is 8.83. The fraction of sp³-hybridized carbons (Fsp3) is 0.0476. The third kappa shape index (κ3) is 6.15. The van der Waals surface area contributed by atoms with E-state index in [2.05, 4.69) is 65.0 Å². The number of rotatable bonds is 6. The molecule has 1 N–H and O–H groups in total. The Balaban J connectivity index is 1.57. The maximum Gasteiger partial charge on any atom is 0.271 e. The predicted molar refractivity (Wildman–Crippen MR) is 127 cm³/mol. The Labute approximate surface area is 193 Å². The minimum Gasteiger partial charge on any atom is -0.488 e. The van der Waals surface area contributed by atoms with Gasteiger partial charge in [0.15, 0.2) is 0 Å². The van der Waals surface area contributed by atoms with Crippen LogP contribution in [0.1, 0.15) is 21.5 Å². The third-order valence-electron chi connectivity index (χ3n) is 3.75. The van der Waals surface area contributed by atoms with Crippen molar-refractivity contribution in [3.63, 3.8) is 0 Å². The lowest BCUT2D eigenvalue weighted by Crippen LogP contribution is -2.17. The zero-order chi connectivity index (χ0) is 19.9. The average Bonchev–Trinajstić information content (AvgIpc) is 2.69. The third-order valence-corrected chi connectivity index (χ3v) is 5.62. The Morgan fingerprint density at radius 2 is 1.75 bits per heavy atom. The van der Waals surface area contributed by atoms with Crippen LogP contribution in [0.15, 0.2) is 80.8 Å². The van der Waals surface area contributed by atoms with Crippen molar-refractivity contribution in [1.29, 1.82) is 0 Å². The fourth-order valence-electron chi connectivity index (χ4n) is 2.29. The summed E-state index contributed by atoms with van der Waals surface area (Å²) in [7, 11) is 0. The molecule has 0 unspecified atom stereocenters. The molecule has 0 saturated heterocycles. The van der Waals surface area contributed by atoms with Gasteiger partial charge >= 0.3 is 0 Å². The molecule has 0 aliphatic heterocycles. The highest BCUT2D eigenvalue weighted by atomic mass is 127. The normalized spacial score (nSPS) is 10.8. The predicted octanol–water partition coefficient (Wildman–Crippen LogP) is 6.16. The molecule has 0 fully saturated rings. The average molecular weight is 614 g/mol. The van der Waals surface area contributed by atoms with Gasteiger partial charge in [-0.3, -0.25) is 4.79 Å². The number of benzene rings is 3. The lowest BCUT2D eigenvalue weighted by molar-refractivity contribution is 0.0955. The fourth-order valence-corrected chi connectivity index (χ4v) is 3.42. The van der Waals surface area contributed by atoms with Crippen molar-refractivity contribution in [2.75, 3.05) is 0 Å². The first kappa shape index (κ1) is 21.0.